The van der Waals surface area contributed by atoms with E-state index in [-0.39, 0.29) is 0 Å². The van der Waals surface area contributed by atoms with Gasteiger partial charge in [0.25, 0.3) is 0 Å². The number of ether oxygens (including phenoxy) is 1. The van der Waals surface area contributed by atoms with E-state index in [9.17, 15) is 0 Å². The molecule has 0 amide bonds. The van der Waals surface area contributed by atoms with Crippen molar-refractivity contribution in [1.82, 2.24) is 10.6 Å². The van der Waals surface area contributed by atoms with E-state index in [1.54, 1.807) is 0 Å². The Morgan fingerprint density at radius 2 is 2.17 bits per heavy atom. The van der Waals surface area contributed by atoms with Gasteiger partial charge >= 0.3 is 0 Å². The first kappa shape index (κ1) is 12.0. The van der Waals surface area contributed by atoms with Crippen LogP contribution in [-0.2, 0) is 13.0 Å². The molecule has 2 heterocycles. The summed E-state index contributed by atoms with van der Waals surface area (Å²) in [6.07, 6.45) is 3.71. The van der Waals surface area contributed by atoms with Crippen LogP contribution in [0.4, 0.5) is 0 Å². The summed E-state index contributed by atoms with van der Waals surface area (Å²) in [6, 6.07) is 6.56. The number of hydrogen-bond acceptors (Lipinski definition) is 3. The topological polar surface area (TPSA) is 33.3 Å². The zero-order valence-electron chi connectivity index (χ0n) is 10.9. The zero-order chi connectivity index (χ0) is 12.2. The van der Waals surface area contributed by atoms with E-state index in [2.05, 4.69) is 28.8 Å². The van der Waals surface area contributed by atoms with Crippen molar-refractivity contribution in [2.24, 2.45) is 5.92 Å². The summed E-state index contributed by atoms with van der Waals surface area (Å²) in [5.74, 6) is 1.70. The van der Waals surface area contributed by atoms with E-state index < -0.39 is 0 Å². The van der Waals surface area contributed by atoms with Gasteiger partial charge in [-0.15, -0.1) is 0 Å². The quantitative estimate of drug-likeness (QED) is 0.852. The fourth-order valence-corrected chi connectivity index (χ4v) is 2.83. The van der Waals surface area contributed by atoms with E-state index in [0.717, 1.165) is 38.4 Å². The van der Waals surface area contributed by atoms with Crippen molar-refractivity contribution in [2.45, 2.75) is 25.8 Å². The van der Waals surface area contributed by atoms with Crippen LogP contribution in [0, 0.1) is 5.92 Å². The van der Waals surface area contributed by atoms with Crippen LogP contribution in [0.5, 0.6) is 5.75 Å². The van der Waals surface area contributed by atoms with Crippen molar-refractivity contribution in [3.8, 4) is 5.75 Å². The summed E-state index contributed by atoms with van der Waals surface area (Å²) in [4.78, 5) is 0. The van der Waals surface area contributed by atoms with E-state index >= 15 is 0 Å². The molecular weight excluding hydrogens is 224 g/mol. The molecule has 1 fully saturated rings. The Bertz CT molecular complexity index is 399. The molecule has 0 radical (unpaired) electrons. The lowest BCUT2D eigenvalue weighted by molar-refractivity contribution is 0.218. The Balaban J connectivity index is 1.58. The fraction of sp³-hybridized carbons (Fsp3) is 0.600. The summed E-state index contributed by atoms with van der Waals surface area (Å²) in [5, 5.41) is 6.84. The Morgan fingerprint density at radius 3 is 3.06 bits per heavy atom. The standard InChI is InChI=1S/C15H22N2O/c1-2-12(9-16-6-1)11-18-15-4-3-13-5-7-17-10-14(13)8-15/h3-4,8,12,16-17H,1-2,5-7,9-11H2. The first-order chi connectivity index (χ1) is 8.92. The average molecular weight is 246 g/mol. The van der Waals surface area contributed by atoms with Crippen LogP contribution < -0.4 is 15.4 Å². The highest BCUT2D eigenvalue weighted by Gasteiger charge is 2.14. The Hall–Kier alpha value is -1.06. The van der Waals surface area contributed by atoms with E-state index in [0.29, 0.717) is 5.92 Å². The molecule has 0 aromatic heterocycles. The maximum absolute atomic E-state index is 5.94. The largest absolute Gasteiger partial charge is 0.493 e. The lowest BCUT2D eigenvalue weighted by Crippen LogP contribution is -2.33. The normalized spacial score (nSPS) is 23.4. The van der Waals surface area contributed by atoms with Crippen molar-refractivity contribution in [2.75, 3.05) is 26.2 Å². The van der Waals surface area contributed by atoms with Gasteiger partial charge in [0.2, 0.25) is 0 Å². The number of piperidine rings is 1. The van der Waals surface area contributed by atoms with E-state index in [1.165, 1.54) is 30.5 Å². The highest BCUT2D eigenvalue weighted by molar-refractivity contribution is 5.37. The molecule has 1 atom stereocenters. The van der Waals surface area contributed by atoms with Crippen LogP contribution in [0.3, 0.4) is 0 Å². The molecule has 0 saturated carbocycles. The fourth-order valence-electron chi connectivity index (χ4n) is 2.83. The minimum atomic E-state index is 0.674. The molecule has 1 saturated heterocycles. The molecule has 0 spiro atoms. The maximum atomic E-state index is 5.94. The van der Waals surface area contributed by atoms with Gasteiger partial charge < -0.3 is 15.4 Å². The third-order valence-corrected chi connectivity index (χ3v) is 3.95. The molecule has 2 aliphatic heterocycles. The number of nitrogens with one attached hydrogen (secondary N) is 2. The van der Waals surface area contributed by atoms with Gasteiger partial charge in [0.05, 0.1) is 6.61 Å². The van der Waals surface area contributed by atoms with Gasteiger partial charge in [-0.05, 0) is 55.6 Å². The summed E-state index contributed by atoms with van der Waals surface area (Å²) >= 11 is 0. The molecule has 1 aromatic carbocycles. The predicted molar refractivity (Wildman–Crippen MR) is 72.9 cm³/mol. The van der Waals surface area contributed by atoms with Crippen molar-refractivity contribution in [3.05, 3.63) is 29.3 Å². The van der Waals surface area contributed by atoms with E-state index in [1.807, 2.05) is 0 Å². The molecule has 3 heteroatoms. The SMILES string of the molecule is c1cc2c(cc1OCC1CCCNC1)CNCC2. The molecule has 0 bridgehead atoms. The second-order valence-corrected chi connectivity index (χ2v) is 5.38. The third kappa shape index (κ3) is 2.85. The molecular formula is C15H22N2O. The summed E-state index contributed by atoms with van der Waals surface area (Å²) < 4.78 is 5.94. The first-order valence-corrected chi connectivity index (χ1v) is 7.08. The molecule has 98 valence electrons. The average Bonchev–Trinajstić information content (AvgIpc) is 2.46. The molecule has 1 unspecified atom stereocenters. The lowest BCUT2D eigenvalue weighted by atomic mass is 10.00. The Labute approximate surface area is 109 Å². The van der Waals surface area contributed by atoms with Crippen LogP contribution in [0.25, 0.3) is 0 Å². The summed E-state index contributed by atoms with van der Waals surface area (Å²) in [7, 11) is 0. The zero-order valence-corrected chi connectivity index (χ0v) is 10.9. The van der Waals surface area contributed by atoms with Gasteiger partial charge in [-0.3, -0.25) is 0 Å². The van der Waals surface area contributed by atoms with Gasteiger partial charge in [-0.2, -0.15) is 0 Å². The minimum Gasteiger partial charge on any atom is -0.493 e. The van der Waals surface area contributed by atoms with E-state index in [4.69, 9.17) is 4.74 Å². The first-order valence-electron chi connectivity index (χ1n) is 7.08. The van der Waals surface area contributed by atoms with Crippen LogP contribution in [0.1, 0.15) is 24.0 Å². The molecule has 18 heavy (non-hydrogen) atoms. The second kappa shape index (κ2) is 5.72. The minimum absolute atomic E-state index is 0.674. The van der Waals surface area contributed by atoms with Gasteiger partial charge in [0.1, 0.15) is 5.75 Å². The molecule has 2 N–H and O–H groups in total. The Kier molecular flexibility index (Phi) is 3.81. The van der Waals surface area contributed by atoms with Crippen LogP contribution in [0.2, 0.25) is 0 Å². The molecule has 1 aromatic rings. The number of benzene rings is 1. The van der Waals surface area contributed by atoms with Crippen LogP contribution in [0.15, 0.2) is 18.2 Å². The number of hydrogen-bond donors (Lipinski definition) is 2. The van der Waals surface area contributed by atoms with Crippen molar-refractivity contribution in [3.63, 3.8) is 0 Å². The highest BCUT2D eigenvalue weighted by atomic mass is 16.5. The number of fused-ring (bicyclic) bond motifs is 1. The van der Waals surface area contributed by atoms with Gasteiger partial charge in [-0.25, -0.2) is 0 Å². The maximum Gasteiger partial charge on any atom is 0.119 e. The smallest absolute Gasteiger partial charge is 0.119 e. The lowest BCUT2D eigenvalue weighted by Gasteiger charge is -2.23. The Morgan fingerprint density at radius 1 is 1.17 bits per heavy atom. The van der Waals surface area contributed by atoms with Gasteiger partial charge in [0.15, 0.2) is 0 Å². The number of rotatable bonds is 3. The summed E-state index contributed by atoms with van der Waals surface area (Å²) in [6.45, 7) is 5.20. The molecule has 3 nitrogen and oxygen atoms in total. The monoisotopic (exact) mass is 246 g/mol. The molecule has 2 aliphatic rings. The van der Waals surface area contributed by atoms with Gasteiger partial charge in [0, 0.05) is 19.0 Å². The molecule has 0 aliphatic carbocycles. The van der Waals surface area contributed by atoms with Crippen molar-refractivity contribution >= 4 is 0 Å². The van der Waals surface area contributed by atoms with Crippen molar-refractivity contribution in [1.29, 1.82) is 0 Å². The summed E-state index contributed by atoms with van der Waals surface area (Å²) in [5.41, 5.74) is 2.88. The second-order valence-electron chi connectivity index (χ2n) is 5.38. The van der Waals surface area contributed by atoms with Crippen molar-refractivity contribution < 1.29 is 4.74 Å². The van der Waals surface area contributed by atoms with Gasteiger partial charge in [-0.1, -0.05) is 6.07 Å². The highest BCUT2D eigenvalue weighted by Crippen LogP contribution is 2.21. The third-order valence-electron chi connectivity index (χ3n) is 3.95. The predicted octanol–water partition coefficient (Wildman–Crippen LogP) is 1.71. The molecule has 3 rings (SSSR count). The van der Waals surface area contributed by atoms with Crippen LogP contribution in [-0.4, -0.2) is 26.2 Å². The van der Waals surface area contributed by atoms with Crippen LogP contribution >= 0.6 is 0 Å².